The summed E-state index contributed by atoms with van der Waals surface area (Å²) in [6.45, 7) is 0. The van der Waals surface area contributed by atoms with E-state index >= 15 is 0 Å². The first-order chi connectivity index (χ1) is 13.9. The van der Waals surface area contributed by atoms with Crippen molar-refractivity contribution in [2.75, 3.05) is 22.5 Å². The first-order valence-electron chi connectivity index (χ1n) is 8.47. The molecule has 0 amide bonds. The van der Waals surface area contributed by atoms with Gasteiger partial charge >= 0.3 is 0 Å². The summed E-state index contributed by atoms with van der Waals surface area (Å²) in [4.78, 5) is 0.0712. The van der Waals surface area contributed by atoms with Crippen molar-refractivity contribution in [1.82, 2.24) is 0 Å². The average Bonchev–Trinajstić information content (AvgIpc) is 2.70. The molecule has 9 heteroatoms. The standard InChI is InChI=1S/C20H18FN3O3S2/c1-27-19-9-5-4-8-18(19)24-29(25,26)15-12-10-14(11-13-15)22-20(28)23-17-7-3-2-6-16(17)21/h2-13,24H,1H3,(H2,22,23,28). The van der Waals surface area contributed by atoms with Crippen molar-refractivity contribution < 1.29 is 17.5 Å². The lowest BCUT2D eigenvalue weighted by molar-refractivity contribution is 0.417. The molecule has 6 nitrogen and oxygen atoms in total. The third kappa shape index (κ3) is 5.21. The maximum absolute atomic E-state index is 13.7. The highest BCUT2D eigenvalue weighted by atomic mass is 32.2. The van der Waals surface area contributed by atoms with Crippen LogP contribution in [0.25, 0.3) is 0 Å². The zero-order valence-corrected chi connectivity index (χ0v) is 17.0. The number of hydrogen-bond donors (Lipinski definition) is 3. The smallest absolute Gasteiger partial charge is 0.262 e. The van der Waals surface area contributed by atoms with E-state index < -0.39 is 15.8 Å². The highest BCUT2D eigenvalue weighted by molar-refractivity contribution is 7.92. The van der Waals surface area contributed by atoms with Crippen LogP contribution in [0.15, 0.2) is 77.7 Å². The second-order valence-corrected chi connectivity index (χ2v) is 7.98. The number of benzene rings is 3. The van der Waals surface area contributed by atoms with Gasteiger partial charge in [0.05, 0.1) is 23.4 Å². The van der Waals surface area contributed by atoms with Gasteiger partial charge in [0.15, 0.2) is 5.11 Å². The normalized spacial score (nSPS) is 10.8. The van der Waals surface area contributed by atoms with E-state index in [9.17, 15) is 12.8 Å². The van der Waals surface area contributed by atoms with E-state index in [0.29, 0.717) is 17.1 Å². The molecule has 3 aromatic carbocycles. The van der Waals surface area contributed by atoms with Crippen molar-refractivity contribution >= 4 is 44.4 Å². The van der Waals surface area contributed by atoms with E-state index in [1.165, 1.54) is 25.3 Å². The lowest BCUT2D eigenvalue weighted by Gasteiger charge is -2.13. The number of sulfonamides is 1. The summed E-state index contributed by atoms with van der Waals surface area (Å²) in [6.07, 6.45) is 0. The van der Waals surface area contributed by atoms with Gasteiger partial charge in [-0.2, -0.15) is 0 Å². The molecular formula is C20H18FN3O3S2. The summed E-state index contributed by atoms with van der Waals surface area (Å²) in [5.41, 5.74) is 1.13. The van der Waals surface area contributed by atoms with Crippen LogP contribution in [0.3, 0.4) is 0 Å². The van der Waals surface area contributed by atoms with Crippen LogP contribution in [0.2, 0.25) is 0 Å². The van der Waals surface area contributed by atoms with Crippen LogP contribution >= 0.6 is 12.2 Å². The van der Waals surface area contributed by atoms with Gasteiger partial charge < -0.3 is 15.4 Å². The van der Waals surface area contributed by atoms with Gasteiger partial charge in [0.2, 0.25) is 0 Å². The van der Waals surface area contributed by atoms with Crippen molar-refractivity contribution in [3.63, 3.8) is 0 Å². The van der Waals surface area contributed by atoms with Crippen LogP contribution in [0, 0.1) is 5.82 Å². The topological polar surface area (TPSA) is 79.5 Å². The number of nitrogens with one attached hydrogen (secondary N) is 3. The molecule has 0 aromatic heterocycles. The molecule has 0 heterocycles. The molecule has 0 aliphatic carbocycles. The van der Waals surface area contributed by atoms with Gasteiger partial charge in [-0.15, -0.1) is 0 Å². The molecule has 0 spiro atoms. The van der Waals surface area contributed by atoms with E-state index in [1.807, 2.05) is 0 Å². The Morgan fingerprint density at radius 2 is 1.52 bits per heavy atom. The lowest BCUT2D eigenvalue weighted by Crippen LogP contribution is -2.20. The molecule has 29 heavy (non-hydrogen) atoms. The third-order valence-corrected chi connectivity index (χ3v) is 5.48. The quantitative estimate of drug-likeness (QED) is 0.501. The van der Waals surface area contributed by atoms with Crippen molar-refractivity contribution in [2.45, 2.75) is 4.90 Å². The minimum Gasteiger partial charge on any atom is -0.495 e. The largest absolute Gasteiger partial charge is 0.495 e. The maximum Gasteiger partial charge on any atom is 0.262 e. The number of halogens is 1. The van der Waals surface area contributed by atoms with Gasteiger partial charge in [-0.05, 0) is 60.7 Å². The van der Waals surface area contributed by atoms with Gasteiger partial charge in [-0.1, -0.05) is 24.3 Å². The fraction of sp³-hybridized carbons (Fsp3) is 0.0500. The first kappa shape index (κ1) is 20.6. The summed E-state index contributed by atoms with van der Waals surface area (Å²) in [6, 6.07) is 18.9. The van der Waals surface area contributed by atoms with Crippen LogP contribution < -0.4 is 20.1 Å². The predicted molar refractivity (Wildman–Crippen MR) is 116 cm³/mol. The molecule has 0 bridgehead atoms. The molecule has 150 valence electrons. The second-order valence-electron chi connectivity index (χ2n) is 5.89. The summed E-state index contributed by atoms with van der Waals surface area (Å²) in [5.74, 6) is -0.0144. The molecule has 0 fully saturated rings. The lowest BCUT2D eigenvalue weighted by atomic mass is 10.3. The highest BCUT2D eigenvalue weighted by Crippen LogP contribution is 2.26. The number of hydrogen-bond acceptors (Lipinski definition) is 4. The molecule has 0 aliphatic heterocycles. The highest BCUT2D eigenvalue weighted by Gasteiger charge is 2.16. The fourth-order valence-corrected chi connectivity index (χ4v) is 3.80. The Kier molecular flexibility index (Phi) is 6.30. The maximum atomic E-state index is 13.7. The molecule has 3 N–H and O–H groups in total. The van der Waals surface area contributed by atoms with E-state index in [0.717, 1.165) is 0 Å². The molecule has 0 saturated heterocycles. The minimum atomic E-state index is -3.80. The van der Waals surface area contributed by atoms with Crippen LogP contribution in [0.4, 0.5) is 21.5 Å². The van der Waals surface area contributed by atoms with E-state index in [4.69, 9.17) is 17.0 Å². The summed E-state index contributed by atoms with van der Waals surface area (Å²) in [7, 11) is -2.34. The molecule has 0 saturated carbocycles. The van der Waals surface area contributed by atoms with Crippen molar-refractivity contribution in [2.24, 2.45) is 0 Å². The zero-order chi connectivity index (χ0) is 20.9. The average molecular weight is 432 g/mol. The number of rotatable bonds is 6. The first-order valence-corrected chi connectivity index (χ1v) is 10.4. The zero-order valence-electron chi connectivity index (χ0n) is 15.3. The molecule has 0 atom stereocenters. The number of thiocarbonyl (C=S) groups is 1. The Morgan fingerprint density at radius 1 is 0.897 bits per heavy atom. The van der Waals surface area contributed by atoms with Crippen LogP contribution in [-0.2, 0) is 10.0 Å². The number of methoxy groups -OCH3 is 1. The van der Waals surface area contributed by atoms with Gasteiger partial charge in [-0.3, -0.25) is 4.72 Å². The van der Waals surface area contributed by atoms with Crippen LogP contribution in [0.1, 0.15) is 0 Å². The Bertz CT molecular complexity index is 1120. The van der Waals surface area contributed by atoms with E-state index in [1.54, 1.807) is 54.6 Å². The van der Waals surface area contributed by atoms with Crippen LogP contribution in [0.5, 0.6) is 5.75 Å². The predicted octanol–water partition coefficient (Wildman–Crippen LogP) is 4.44. The van der Waals surface area contributed by atoms with E-state index in [2.05, 4.69) is 15.4 Å². The van der Waals surface area contributed by atoms with Crippen molar-refractivity contribution in [3.8, 4) is 5.75 Å². The molecule has 0 radical (unpaired) electrons. The molecule has 3 aromatic rings. The van der Waals surface area contributed by atoms with Gasteiger partial charge in [0, 0.05) is 5.69 Å². The van der Waals surface area contributed by atoms with Gasteiger partial charge in [0.25, 0.3) is 10.0 Å². The fourth-order valence-electron chi connectivity index (χ4n) is 2.50. The molecular weight excluding hydrogens is 413 g/mol. The minimum absolute atomic E-state index is 0.0712. The van der Waals surface area contributed by atoms with Gasteiger partial charge in [0.1, 0.15) is 11.6 Å². The van der Waals surface area contributed by atoms with Crippen molar-refractivity contribution in [1.29, 1.82) is 0 Å². The number of anilines is 3. The number of ether oxygens (including phenoxy) is 1. The Morgan fingerprint density at radius 3 is 2.17 bits per heavy atom. The number of para-hydroxylation sites is 3. The second kappa shape index (κ2) is 8.89. The summed E-state index contributed by atoms with van der Waals surface area (Å²) >= 11 is 5.16. The Balaban J connectivity index is 1.69. The van der Waals surface area contributed by atoms with Crippen LogP contribution in [-0.4, -0.2) is 20.6 Å². The monoisotopic (exact) mass is 431 g/mol. The Hall–Kier alpha value is -3.17. The van der Waals surface area contributed by atoms with Gasteiger partial charge in [-0.25, -0.2) is 12.8 Å². The molecule has 0 aliphatic rings. The summed E-state index contributed by atoms with van der Waals surface area (Å²) in [5, 5.41) is 5.81. The summed E-state index contributed by atoms with van der Waals surface area (Å²) < 4.78 is 46.6. The third-order valence-electron chi connectivity index (χ3n) is 3.90. The molecule has 3 rings (SSSR count). The Labute approximate surface area is 173 Å². The SMILES string of the molecule is COc1ccccc1NS(=O)(=O)c1ccc(NC(=S)Nc2ccccc2F)cc1. The molecule has 0 unspecified atom stereocenters. The van der Waals surface area contributed by atoms with E-state index in [-0.39, 0.29) is 15.7 Å². The van der Waals surface area contributed by atoms with Crippen molar-refractivity contribution in [3.05, 3.63) is 78.6 Å².